The largest absolute Gasteiger partial charge is 0.363 e. The van der Waals surface area contributed by atoms with E-state index < -0.39 is 15.7 Å². The second-order valence-corrected chi connectivity index (χ2v) is 5.40. The van der Waals surface area contributed by atoms with Gasteiger partial charge in [0.25, 0.3) is 10.0 Å². The van der Waals surface area contributed by atoms with Crippen LogP contribution in [0.2, 0.25) is 0 Å². The van der Waals surface area contributed by atoms with E-state index in [9.17, 15) is 13.2 Å². The van der Waals surface area contributed by atoms with Gasteiger partial charge in [0.1, 0.15) is 0 Å². The van der Waals surface area contributed by atoms with Crippen LogP contribution in [0.5, 0.6) is 0 Å². The number of nitrogens with one attached hydrogen (secondary N) is 3. The Bertz CT molecular complexity index is 723. The van der Waals surface area contributed by atoms with E-state index in [0.29, 0.717) is 0 Å². The molecule has 0 saturated carbocycles. The van der Waals surface area contributed by atoms with Gasteiger partial charge in [-0.1, -0.05) is 17.7 Å². The maximum atomic E-state index is 11.9. The van der Waals surface area contributed by atoms with Gasteiger partial charge in [-0.05, 0) is 19.1 Å². The third kappa shape index (κ3) is 3.36. The number of anilines is 1. The number of rotatable bonds is 4. The average molecular weight is 281 g/mol. The average Bonchev–Trinajstić information content (AvgIpc) is 2.37. The number of hydrazine groups is 1. The monoisotopic (exact) mass is 281 g/mol. The molecule has 0 aliphatic rings. The van der Waals surface area contributed by atoms with Crippen molar-refractivity contribution >= 4 is 15.8 Å². The molecule has 0 saturated heterocycles. The summed E-state index contributed by atoms with van der Waals surface area (Å²) in [4.78, 5) is 16.6. The van der Waals surface area contributed by atoms with Gasteiger partial charge in [-0.25, -0.2) is 18.3 Å². The first-order valence-corrected chi connectivity index (χ1v) is 6.72. The molecule has 0 bridgehead atoms. The fourth-order valence-corrected chi connectivity index (χ4v) is 2.12. The maximum absolute atomic E-state index is 11.9. The molecule has 0 aliphatic carbocycles. The zero-order valence-corrected chi connectivity index (χ0v) is 10.7. The molecule has 0 radical (unpaired) electrons. The maximum Gasteiger partial charge on any atom is 0.363 e. The van der Waals surface area contributed by atoms with Crippen LogP contribution in [0, 0.1) is 6.92 Å². The highest BCUT2D eigenvalue weighted by atomic mass is 32.2. The van der Waals surface area contributed by atoms with Gasteiger partial charge in [0.2, 0.25) is 0 Å². The molecule has 100 valence electrons. The van der Waals surface area contributed by atoms with E-state index in [2.05, 4.69) is 25.4 Å². The van der Waals surface area contributed by atoms with Crippen LogP contribution >= 0.6 is 0 Å². The summed E-state index contributed by atoms with van der Waals surface area (Å²) in [5, 5.41) is 5.54. The Morgan fingerprint density at radius 3 is 2.53 bits per heavy atom. The lowest BCUT2D eigenvalue weighted by Gasteiger charge is -2.08. The van der Waals surface area contributed by atoms with Crippen molar-refractivity contribution < 1.29 is 8.42 Å². The molecule has 2 rings (SSSR count). The van der Waals surface area contributed by atoms with Crippen LogP contribution in [-0.2, 0) is 10.0 Å². The van der Waals surface area contributed by atoms with E-state index in [4.69, 9.17) is 0 Å². The van der Waals surface area contributed by atoms with Crippen LogP contribution in [-0.4, -0.2) is 23.6 Å². The van der Waals surface area contributed by atoms with Gasteiger partial charge in [0.05, 0.1) is 11.1 Å². The van der Waals surface area contributed by atoms with E-state index >= 15 is 0 Å². The van der Waals surface area contributed by atoms with E-state index in [-0.39, 0.29) is 10.7 Å². The first-order chi connectivity index (χ1) is 8.97. The second-order valence-electron chi connectivity index (χ2n) is 3.72. The normalized spacial score (nSPS) is 11.2. The van der Waals surface area contributed by atoms with Crippen LogP contribution < -0.4 is 15.9 Å². The number of nitrogens with zero attached hydrogens (tertiary/aromatic N) is 2. The molecule has 8 nitrogen and oxygen atoms in total. The van der Waals surface area contributed by atoms with E-state index in [0.717, 1.165) is 5.56 Å². The van der Waals surface area contributed by atoms with Gasteiger partial charge in [-0.3, -0.25) is 5.43 Å². The summed E-state index contributed by atoms with van der Waals surface area (Å²) in [5.41, 5.74) is 2.58. The van der Waals surface area contributed by atoms with Crippen molar-refractivity contribution in [3.63, 3.8) is 0 Å². The molecule has 1 heterocycles. The van der Waals surface area contributed by atoms with Gasteiger partial charge < -0.3 is 0 Å². The molecule has 9 heteroatoms. The first-order valence-electron chi connectivity index (χ1n) is 5.23. The summed E-state index contributed by atoms with van der Waals surface area (Å²) in [7, 11) is -3.73. The number of aromatic nitrogens is 3. The van der Waals surface area contributed by atoms with Crippen molar-refractivity contribution in [1.82, 2.24) is 20.0 Å². The smallest absolute Gasteiger partial charge is 0.290 e. The van der Waals surface area contributed by atoms with Crippen LogP contribution in [0.3, 0.4) is 0 Å². The number of hydrogen-bond donors (Lipinski definition) is 3. The number of hydrogen-bond acceptors (Lipinski definition) is 6. The van der Waals surface area contributed by atoms with Gasteiger partial charge in [0.15, 0.2) is 5.82 Å². The number of H-pyrrole nitrogens is 1. The summed E-state index contributed by atoms with van der Waals surface area (Å²) in [6.45, 7) is 1.86. The minimum atomic E-state index is -3.73. The molecule has 19 heavy (non-hydrogen) atoms. The Kier molecular flexibility index (Phi) is 3.58. The Morgan fingerprint density at radius 1 is 1.21 bits per heavy atom. The van der Waals surface area contributed by atoms with Crippen molar-refractivity contribution in [2.45, 2.75) is 11.8 Å². The molecule has 0 aliphatic heterocycles. The second kappa shape index (κ2) is 5.16. The van der Waals surface area contributed by atoms with Gasteiger partial charge in [-0.2, -0.15) is 10.1 Å². The summed E-state index contributed by atoms with van der Waals surface area (Å²) in [6.07, 6.45) is 1.18. The number of sulfonamides is 1. The molecular weight excluding hydrogens is 270 g/mol. The Labute approximate surface area is 108 Å². The van der Waals surface area contributed by atoms with Crippen molar-refractivity contribution in [2.24, 2.45) is 0 Å². The van der Waals surface area contributed by atoms with Gasteiger partial charge in [-0.15, -0.1) is 4.83 Å². The van der Waals surface area contributed by atoms with Crippen LogP contribution in [0.25, 0.3) is 0 Å². The first kappa shape index (κ1) is 13.2. The van der Waals surface area contributed by atoms with Crippen molar-refractivity contribution in [3.8, 4) is 0 Å². The highest BCUT2D eigenvalue weighted by molar-refractivity contribution is 7.89. The highest BCUT2D eigenvalue weighted by Gasteiger charge is 2.13. The minimum absolute atomic E-state index is 0.000522. The van der Waals surface area contributed by atoms with Crippen LogP contribution in [0.1, 0.15) is 5.56 Å². The number of aryl methyl sites for hydroxylation is 1. The van der Waals surface area contributed by atoms with Gasteiger partial charge in [0, 0.05) is 0 Å². The molecule has 3 N–H and O–H groups in total. The van der Waals surface area contributed by atoms with Crippen molar-refractivity contribution in [1.29, 1.82) is 0 Å². The van der Waals surface area contributed by atoms with E-state index in [1.165, 1.54) is 18.3 Å². The fraction of sp³-hybridized carbons (Fsp3) is 0.100. The predicted octanol–water partition coefficient (Wildman–Crippen LogP) is -0.221. The Hall–Kier alpha value is -2.26. The lowest BCUT2D eigenvalue weighted by atomic mass is 10.2. The molecule has 1 aromatic carbocycles. The van der Waals surface area contributed by atoms with Crippen molar-refractivity contribution in [3.05, 3.63) is 46.5 Å². The molecule has 0 atom stereocenters. The standard InChI is InChI=1S/C10H11N5O3S/c1-7-2-4-8(5-3-7)19(17,18)15-13-9-6-11-14-10(16)12-9/h2-6,15H,1H3,(H2,12,13,14,16). The lowest BCUT2D eigenvalue weighted by Crippen LogP contribution is -2.31. The summed E-state index contributed by atoms with van der Waals surface area (Å²) < 4.78 is 23.8. The summed E-state index contributed by atoms with van der Waals surface area (Å²) >= 11 is 0. The quantitative estimate of drug-likeness (QED) is 0.667. The van der Waals surface area contributed by atoms with Crippen LogP contribution in [0.15, 0.2) is 40.2 Å². The topological polar surface area (TPSA) is 117 Å². The Morgan fingerprint density at radius 2 is 1.89 bits per heavy atom. The molecule has 0 fully saturated rings. The van der Waals surface area contributed by atoms with Crippen LogP contribution in [0.4, 0.5) is 5.82 Å². The predicted molar refractivity (Wildman–Crippen MR) is 67.8 cm³/mol. The molecule has 0 amide bonds. The molecule has 1 aromatic heterocycles. The number of aromatic amines is 1. The minimum Gasteiger partial charge on any atom is -0.290 e. The zero-order chi connectivity index (χ0) is 13.9. The lowest BCUT2D eigenvalue weighted by molar-refractivity contribution is 0.587. The van der Waals surface area contributed by atoms with Gasteiger partial charge >= 0.3 is 5.69 Å². The summed E-state index contributed by atoms with van der Waals surface area (Å²) in [6, 6.07) is 6.31. The molecule has 0 unspecified atom stereocenters. The third-order valence-electron chi connectivity index (χ3n) is 2.21. The van der Waals surface area contributed by atoms with Crippen molar-refractivity contribution in [2.75, 3.05) is 5.43 Å². The SMILES string of the molecule is Cc1ccc(S(=O)(=O)NNc2cn[nH]c(=O)n2)cc1. The van der Waals surface area contributed by atoms with E-state index in [1.807, 2.05) is 6.92 Å². The molecular formula is C10H11N5O3S. The zero-order valence-electron chi connectivity index (χ0n) is 9.91. The fourth-order valence-electron chi connectivity index (χ4n) is 1.27. The molecule has 2 aromatic rings. The summed E-state index contributed by atoms with van der Waals surface area (Å²) in [5.74, 6) is -0.000522. The molecule has 0 spiro atoms. The Balaban J connectivity index is 2.14. The highest BCUT2D eigenvalue weighted by Crippen LogP contribution is 2.09. The number of benzene rings is 1. The van der Waals surface area contributed by atoms with E-state index in [1.54, 1.807) is 12.1 Å². The third-order valence-corrected chi connectivity index (χ3v) is 3.48.